The summed E-state index contributed by atoms with van der Waals surface area (Å²) in [5.74, 6) is 3.24. The summed E-state index contributed by atoms with van der Waals surface area (Å²) in [4.78, 5) is 29.0. The van der Waals surface area contributed by atoms with Crippen LogP contribution in [0.4, 0.5) is 0 Å². The summed E-state index contributed by atoms with van der Waals surface area (Å²) in [6, 6.07) is 8.27. The quantitative estimate of drug-likeness (QED) is 0.435. The number of rotatable bonds is 8. The number of carboxylic acid groups (broad SMARTS) is 1. The third-order valence-electron chi connectivity index (χ3n) is 12.6. The molecular weight excluding hydrogens is 474 g/mol. The Morgan fingerprint density at radius 3 is 1.84 bits per heavy atom. The molecule has 1 aromatic carbocycles. The van der Waals surface area contributed by atoms with Gasteiger partial charge in [-0.15, -0.1) is 0 Å². The number of benzene rings is 1. The summed E-state index contributed by atoms with van der Waals surface area (Å²) in [7, 11) is 3.73. The van der Waals surface area contributed by atoms with E-state index in [1.54, 1.807) is 7.11 Å². The van der Waals surface area contributed by atoms with Gasteiger partial charge in [-0.2, -0.15) is 0 Å². The first-order chi connectivity index (χ1) is 18.2. The summed E-state index contributed by atoms with van der Waals surface area (Å²) in [6.45, 7) is 0.798. The van der Waals surface area contributed by atoms with E-state index in [1.165, 1.54) is 44.1 Å². The van der Waals surface area contributed by atoms with Gasteiger partial charge in [0.1, 0.15) is 5.75 Å². The maximum atomic E-state index is 14.3. The Morgan fingerprint density at radius 1 is 0.842 bits per heavy atom. The van der Waals surface area contributed by atoms with Crippen molar-refractivity contribution < 1.29 is 19.4 Å². The van der Waals surface area contributed by atoms with Crippen molar-refractivity contribution in [2.75, 3.05) is 20.7 Å². The molecule has 8 fully saturated rings. The van der Waals surface area contributed by atoms with E-state index in [9.17, 15) is 14.7 Å². The van der Waals surface area contributed by atoms with Crippen molar-refractivity contribution in [3.05, 3.63) is 29.8 Å². The van der Waals surface area contributed by atoms with Gasteiger partial charge >= 0.3 is 5.97 Å². The standard InChI is InChI=1S/C33H45NO4/c1-34(9-3-4-22-5-7-27(38-2)8-6-22)28(35)30-12-23-10-24(13-30)17-32(16-23,20-30)33-18-25-11-26(19-33)15-31(14-25,21-33)29(36)37/h5-8,23-26H,3-4,9-21H2,1-2H3,(H,36,37). The van der Waals surface area contributed by atoms with E-state index in [4.69, 9.17) is 4.74 Å². The highest BCUT2D eigenvalue weighted by Crippen LogP contribution is 2.78. The lowest BCUT2D eigenvalue weighted by Crippen LogP contribution is -2.67. The van der Waals surface area contributed by atoms with Crippen molar-refractivity contribution in [3.8, 4) is 5.75 Å². The highest BCUT2D eigenvalue weighted by Gasteiger charge is 2.72. The number of methoxy groups -OCH3 is 1. The molecule has 206 valence electrons. The lowest BCUT2D eigenvalue weighted by atomic mass is 9.31. The van der Waals surface area contributed by atoms with Gasteiger partial charge < -0.3 is 14.7 Å². The maximum Gasteiger partial charge on any atom is 0.309 e. The Balaban J connectivity index is 1.11. The van der Waals surface area contributed by atoms with Crippen molar-refractivity contribution in [1.82, 2.24) is 4.90 Å². The van der Waals surface area contributed by atoms with Gasteiger partial charge in [-0.1, -0.05) is 12.1 Å². The van der Waals surface area contributed by atoms with Crippen LogP contribution in [0.1, 0.15) is 89.0 Å². The number of ether oxygens (including phenoxy) is 1. The summed E-state index contributed by atoms with van der Waals surface area (Å²) in [6.07, 6.45) is 15.3. The van der Waals surface area contributed by atoms with Gasteiger partial charge in [0.15, 0.2) is 0 Å². The molecule has 5 nitrogen and oxygen atoms in total. The molecule has 1 aromatic rings. The number of carboxylic acids is 1. The fourth-order valence-corrected chi connectivity index (χ4v) is 12.1. The number of hydrogen-bond donors (Lipinski definition) is 1. The van der Waals surface area contributed by atoms with Crippen LogP contribution in [-0.4, -0.2) is 42.6 Å². The monoisotopic (exact) mass is 519 g/mol. The lowest BCUT2D eigenvalue weighted by Gasteiger charge is -2.73. The largest absolute Gasteiger partial charge is 0.497 e. The van der Waals surface area contributed by atoms with Gasteiger partial charge in [0.25, 0.3) is 0 Å². The molecule has 38 heavy (non-hydrogen) atoms. The number of aryl methyl sites for hydroxylation is 1. The van der Waals surface area contributed by atoms with Crippen LogP contribution >= 0.6 is 0 Å². The second kappa shape index (κ2) is 8.48. The van der Waals surface area contributed by atoms with Crippen LogP contribution in [0.2, 0.25) is 0 Å². The molecule has 4 unspecified atom stereocenters. The molecule has 9 rings (SSSR count). The Kier molecular flexibility index (Phi) is 5.57. The van der Waals surface area contributed by atoms with E-state index in [0.717, 1.165) is 63.7 Å². The average molecular weight is 520 g/mol. The first-order valence-corrected chi connectivity index (χ1v) is 15.3. The number of carbonyl (C=O) groups excluding carboxylic acids is 1. The van der Waals surface area contributed by atoms with E-state index >= 15 is 0 Å². The molecule has 0 spiro atoms. The van der Waals surface area contributed by atoms with E-state index in [0.29, 0.717) is 29.6 Å². The normalized spacial score (nSPS) is 43.8. The third kappa shape index (κ3) is 3.62. The van der Waals surface area contributed by atoms with Gasteiger partial charge in [0.2, 0.25) is 5.91 Å². The van der Waals surface area contributed by atoms with Crippen LogP contribution in [0, 0.1) is 45.3 Å². The van der Waals surface area contributed by atoms with Crippen molar-refractivity contribution in [1.29, 1.82) is 0 Å². The third-order valence-corrected chi connectivity index (χ3v) is 12.6. The van der Waals surface area contributed by atoms with Crippen LogP contribution in [-0.2, 0) is 16.0 Å². The summed E-state index contributed by atoms with van der Waals surface area (Å²) in [5.41, 5.74) is 0.942. The molecule has 1 N–H and O–H groups in total. The van der Waals surface area contributed by atoms with Crippen LogP contribution in [0.25, 0.3) is 0 Å². The Bertz CT molecular complexity index is 1100. The van der Waals surface area contributed by atoms with Gasteiger partial charge in [-0.25, -0.2) is 0 Å². The minimum Gasteiger partial charge on any atom is -0.497 e. The smallest absolute Gasteiger partial charge is 0.309 e. The molecule has 0 aromatic heterocycles. The van der Waals surface area contributed by atoms with Gasteiger partial charge in [0, 0.05) is 13.6 Å². The topological polar surface area (TPSA) is 66.8 Å². The van der Waals surface area contributed by atoms with Crippen LogP contribution < -0.4 is 4.74 Å². The minimum atomic E-state index is -0.525. The molecule has 4 atom stereocenters. The molecule has 0 aliphatic heterocycles. The van der Waals surface area contributed by atoms with Crippen molar-refractivity contribution in [3.63, 3.8) is 0 Å². The summed E-state index contributed by atoms with van der Waals surface area (Å²) >= 11 is 0. The van der Waals surface area contributed by atoms with Crippen molar-refractivity contribution in [2.24, 2.45) is 45.3 Å². The van der Waals surface area contributed by atoms with Gasteiger partial charge in [0.05, 0.1) is 17.9 Å². The molecule has 0 radical (unpaired) electrons. The highest BCUT2D eigenvalue weighted by molar-refractivity contribution is 5.83. The number of nitrogens with zero attached hydrogens (tertiary/aromatic N) is 1. The number of aliphatic carboxylic acids is 1. The summed E-state index contributed by atoms with van der Waals surface area (Å²) in [5, 5.41) is 10.4. The average Bonchev–Trinajstić information content (AvgIpc) is 2.87. The zero-order chi connectivity index (χ0) is 26.3. The molecule has 8 aliphatic rings. The number of hydrogen-bond acceptors (Lipinski definition) is 3. The minimum absolute atomic E-state index is 0.158. The fourth-order valence-electron chi connectivity index (χ4n) is 12.1. The van der Waals surface area contributed by atoms with Crippen molar-refractivity contribution in [2.45, 2.75) is 89.9 Å². The van der Waals surface area contributed by atoms with E-state index in [1.807, 2.05) is 19.2 Å². The predicted molar refractivity (Wildman–Crippen MR) is 146 cm³/mol. The lowest BCUT2D eigenvalue weighted by molar-refractivity contribution is -0.240. The SMILES string of the molecule is COc1ccc(CCCN(C)C(=O)C23CC4CC(C2)CC(C25CC6CC(CC(C(=O)O)(C6)C2)C5)(C4)C3)cc1. The predicted octanol–water partition coefficient (Wildman–Crippen LogP) is 6.34. The maximum absolute atomic E-state index is 14.3. The van der Waals surface area contributed by atoms with Crippen molar-refractivity contribution >= 4 is 11.9 Å². The first kappa shape index (κ1) is 25.0. The Labute approximate surface area is 227 Å². The van der Waals surface area contributed by atoms with E-state index in [-0.39, 0.29) is 16.2 Å². The molecule has 0 saturated heterocycles. The molecule has 8 bridgehead atoms. The van der Waals surface area contributed by atoms with Crippen LogP contribution in [0.5, 0.6) is 5.75 Å². The molecule has 1 amide bonds. The van der Waals surface area contributed by atoms with Crippen LogP contribution in [0.15, 0.2) is 24.3 Å². The first-order valence-electron chi connectivity index (χ1n) is 15.3. The molecule has 8 aliphatic carbocycles. The Hall–Kier alpha value is -2.04. The highest BCUT2D eigenvalue weighted by atomic mass is 16.5. The summed E-state index contributed by atoms with van der Waals surface area (Å²) < 4.78 is 5.28. The Morgan fingerprint density at radius 2 is 1.34 bits per heavy atom. The molecule has 8 saturated carbocycles. The zero-order valence-electron chi connectivity index (χ0n) is 23.3. The molecular formula is C33H45NO4. The second-order valence-electron chi connectivity index (χ2n) is 15.0. The molecule has 0 heterocycles. The van der Waals surface area contributed by atoms with Gasteiger partial charge in [-0.3, -0.25) is 9.59 Å². The number of amides is 1. The van der Waals surface area contributed by atoms with Gasteiger partial charge in [-0.05, 0) is 142 Å². The fraction of sp³-hybridized carbons (Fsp3) is 0.758. The molecule has 5 heteroatoms. The van der Waals surface area contributed by atoms with E-state index < -0.39 is 11.4 Å². The van der Waals surface area contributed by atoms with E-state index in [2.05, 4.69) is 17.0 Å². The van der Waals surface area contributed by atoms with Crippen LogP contribution in [0.3, 0.4) is 0 Å². The second-order valence-corrected chi connectivity index (χ2v) is 15.0. The zero-order valence-corrected chi connectivity index (χ0v) is 23.3. The number of carbonyl (C=O) groups is 2.